The van der Waals surface area contributed by atoms with E-state index in [1.165, 1.54) is 0 Å². The van der Waals surface area contributed by atoms with Gasteiger partial charge in [0.15, 0.2) is 6.10 Å². The predicted octanol–water partition coefficient (Wildman–Crippen LogP) is 3.29. The molecule has 5 N–H and O–H groups in total. The Labute approximate surface area is 208 Å². The minimum atomic E-state index is -1.13. The Kier molecular flexibility index (Phi) is 8.42. The quantitative estimate of drug-likeness (QED) is 0.128. The second kappa shape index (κ2) is 12.3. The summed E-state index contributed by atoms with van der Waals surface area (Å²) in [6, 6.07) is 25.9. The Morgan fingerprint density at radius 1 is 0.944 bits per heavy atom. The third-order valence-electron chi connectivity index (χ3n) is 5.37. The van der Waals surface area contributed by atoms with E-state index in [4.69, 9.17) is 25.9 Å². The van der Waals surface area contributed by atoms with Crippen LogP contribution in [0.25, 0.3) is 0 Å². The number of aliphatic imine (C=N–C) groups is 1. The topological polar surface area (TPSA) is 138 Å². The van der Waals surface area contributed by atoms with E-state index in [0.29, 0.717) is 18.1 Å². The summed E-state index contributed by atoms with van der Waals surface area (Å²) in [6.45, 7) is 0.217. The number of hydrogen-bond acceptors (Lipinski definition) is 7. The molecule has 0 saturated carbocycles. The summed E-state index contributed by atoms with van der Waals surface area (Å²) < 4.78 is 11.5. The van der Waals surface area contributed by atoms with Crippen LogP contribution in [0.2, 0.25) is 0 Å². The van der Waals surface area contributed by atoms with Crippen LogP contribution in [0.15, 0.2) is 102 Å². The van der Waals surface area contributed by atoms with Crippen LogP contribution < -0.4 is 16.4 Å². The number of aromatic nitrogens is 2. The molecular formula is C27H27N5O4. The molecule has 4 aromatic rings. The molecule has 0 aliphatic heterocycles. The van der Waals surface area contributed by atoms with Gasteiger partial charge in [-0.1, -0.05) is 60.7 Å². The standard InChI is InChI=1S/C27H27N5O4/c28-26(32-17-24-30-15-16-31-24)21-11-13-22(14-12-21)34-18-23(36-29)27(33)35-25(19-7-3-1-4-8-19)20-9-5-2-6-10-20/h1-16,23,25H,17-18,29H2,(H2,28,32)(H,30,31). The fraction of sp³-hybridized carbons (Fsp3) is 0.148. The van der Waals surface area contributed by atoms with Crippen LogP contribution in [0.5, 0.6) is 5.75 Å². The summed E-state index contributed by atoms with van der Waals surface area (Å²) in [7, 11) is 0. The van der Waals surface area contributed by atoms with Crippen molar-refractivity contribution in [3.05, 3.63) is 120 Å². The zero-order chi connectivity index (χ0) is 25.2. The molecule has 0 bridgehead atoms. The minimum absolute atomic E-state index is 0.132. The van der Waals surface area contributed by atoms with E-state index in [2.05, 4.69) is 15.0 Å². The summed E-state index contributed by atoms with van der Waals surface area (Å²) in [6.07, 6.45) is 1.65. The van der Waals surface area contributed by atoms with Crippen LogP contribution >= 0.6 is 0 Å². The number of rotatable bonds is 11. The van der Waals surface area contributed by atoms with E-state index in [1.807, 2.05) is 60.7 Å². The van der Waals surface area contributed by atoms with Crippen molar-refractivity contribution in [2.45, 2.75) is 18.8 Å². The molecule has 9 nitrogen and oxygen atoms in total. The largest absolute Gasteiger partial charge is 0.490 e. The maximum absolute atomic E-state index is 12.9. The van der Waals surface area contributed by atoms with Gasteiger partial charge in [0.1, 0.15) is 24.0 Å². The summed E-state index contributed by atoms with van der Waals surface area (Å²) in [5.74, 6) is 6.37. The zero-order valence-electron chi connectivity index (χ0n) is 19.5. The highest BCUT2D eigenvalue weighted by molar-refractivity contribution is 5.97. The predicted molar refractivity (Wildman–Crippen MR) is 135 cm³/mol. The van der Waals surface area contributed by atoms with Gasteiger partial charge in [-0.3, -0.25) is 9.83 Å². The van der Waals surface area contributed by atoms with Gasteiger partial charge in [0.2, 0.25) is 6.10 Å². The van der Waals surface area contributed by atoms with Gasteiger partial charge >= 0.3 is 5.97 Å². The van der Waals surface area contributed by atoms with E-state index < -0.39 is 18.2 Å². The van der Waals surface area contributed by atoms with Crippen molar-refractivity contribution in [2.75, 3.05) is 6.61 Å². The monoisotopic (exact) mass is 485 g/mol. The lowest BCUT2D eigenvalue weighted by atomic mass is 10.0. The number of nitrogens with two attached hydrogens (primary N) is 2. The minimum Gasteiger partial charge on any atom is -0.490 e. The number of carbonyl (C=O) groups is 1. The highest BCUT2D eigenvalue weighted by Gasteiger charge is 2.27. The van der Waals surface area contributed by atoms with Crippen LogP contribution in [-0.2, 0) is 20.9 Å². The van der Waals surface area contributed by atoms with Gasteiger partial charge in [-0.2, -0.15) is 0 Å². The summed E-state index contributed by atoms with van der Waals surface area (Å²) >= 11 is 0. The van der Waals surface area contributed by atoms with Crippen LogP contribution in [0.3, 0.4) is 0 Å². The fourth-order valence-electron chi connectivity index (χ4n) is 3.47. The molecule has 36 heavy (non-hydrogen) atoms. The highest BCUT2D eigenvalue weighted by Crippen LogP contribution is 2.26. The van der Waals surface area contributed by atoms with Gasteiger partial charge in [0.25, 0.3) is 0 Å². The molecule has 0 saturated heterocycles. The van der Waals surface area contributed by atoms with Gasteiger partial charge < -0.3 is 20.2 Å². The third kappa shape index (κ3) is 6.56. The average molecular weight is 486 g/mol. The number of nitrogens with zero attached hydrogens (tertiary/aromatic N) is 2. The number of esters is 1. The maximum Gasteiger partial charge on any atom is 0.341 e. The molecule has 0 spiro atoms. The lowest BCUT2D eigenvalue weighted by Gasteiger charge is -2.22. The number of benzene rings is 3. The first-order chi connectivity index (χ1) is 17.6. The van der Waals surface area contributed by atoms with Gasteiger partial charge in [-0.25, -0.2) is 15.7 Å². The maximum atomic E-state index is 12.9. The van der Waals surface area contributed by atoms with Crippen molar-refractivity contribution >= 4 is 11.8 Å². The highest BCUT2D eigenvalue weighted by atomic mass is 16.7. The molecule has 0 aliphatic rings. The third-order valence-corrected chi connectivity index (χ3v) is 5.37. The number of H-pyrrole nitrogens is 1. The van der Waals surface area contributed by atoms with Crippen LogP contribution in [0.4, 0.5) is 0 Å². The molecule has 184 valence electrons. The van der Waals surface area contributed by atoms with E-state index in [-0.39, 0.29) is 6.61 Å². The molecule has 0 radical (unpaired) electrons. The van der Waals surface area contributed by atoms with Gasteiger partial charge in [-0.05, 0) is 35.4 Å². The second-order valence-electron chi connectivity index (χ2n) is 7.84. The van der Waals surface area contributed by atoms with Crippen molar-refractivity contribution in [2.24, 2.45) is 16.6 Å². The van der Waals surface area contributed by atoms with E-state index in [0.717, 1.165) is 22.5 Å². The van der Waals surface area contributed by atoms with Crippen LogP contribution in [0.1, 0.15) is 28.6 Å². The van der Waals surface area contributed by atoms with Crippen molar-refractivity contribution < 1.29 is 19.1 Å². The summed E-state index contributed by atoms with van der Waals surface area (Å²) in [5.41, 5.74) is 8.45. The lowest BCUT2D eigenvalue weighted by Crippen LogP contribution is -2.35. The molecule has 1 heterocycles. The first-order valence-corrected chi connectivity index (χ1v) is 11.3. The molecule has 0 aliphatic carbocycles. The zero-order valence-corrected chi connectivity index (χ0v) is 19.5. The smallest absolute Gasteiger partial charge is 0.341 e. The second-order valence-corrected chi connectivity index (χ2v) is 7.84. The summed E-state index contributed by atoms with van der Waals surface area (Å²) in [5, 5.41) is 0. The van der Waals surface area contributed by atoms with Crippen molar-refractivity contribution in [1.82, 2.24) is 9.97 Å². The lowest BCUT2D eigenvalue weighted by molar-refractivity contribution is -0.163. The van der Waals surface area contributed by atoms with Crippen molar-refractivity contribution in [1.29, 1.82) is 0 Å². The molecule has 9 heteroatoms. The molecular weight excluding hydrogens is 458 g/mol. The van der Waals surface area contributed by atoms with Gasteiger partial charge in [0.05, 0.1) is 6.54 Å². The molecule has 1 atom stereocenters. The number of hydrogen-bond donors (Lipinski definition) is 3. The molecule has 1 unspecified atom stereocenters. The van der Waals surface area contributed by atoms with Gasteiger partial charge in [0, 0.05) is 18.0 Å². The summed E-state index contributed by atoms with van der Waals surface area (Å²) in [4.78, 5) is 29.2. The van der Waals surface area contributed by atoms with E-state index in [1.54, 1.807) is 36.7 Å². The van der Waals surface area contributed by atoms with E-state index >= 15 is 0 Å². The number of carbonyl (C=O) groups excluding carboxylic acids is 1. The number of amidine groups is 1. The normalized spacial score (nSPS) is 12.3. The van der Waals surface area contributed by atoms with Crippen molar-refractivity contribution in [3.63, 3.8) is 0 Å². The fourth-order valence-corrected chi connectivity index (χ4v) is 3.47. The van der Waals surface area contributed by atoms with E-state index in [9.17, 15) is 4.79 Å². The molecule has 1 aromatic heterocycles. The average Bonchev–Trinajstić information content (AvgIpc) is 3.46. The Morgan fingerprint density at radius 3 is 2.14 bits per heavy atom. The molecule has 0 amide bonds. The number of ether oxygens (including phenoxy) is 2. The molecule has 3 aromatic carbocycles. The molecule has 0 fully saturated rings. The first-order valence-electron chi connectivity index (χ1n) is 11.3. The Hall–Kier alpha value is -4.47. The Morgan fingerprint density at radius 2 is 1.58 bits per heavy atom. The van der Waals surface area contributed by atoms with Crippen LogP contribution in [0, 0.1) is 0 Å². The van der Waals surface area contributed by atoms with Crippen LogP contribution in [-0.4, -0.2) is 34.5 Å². The Balaban J connectivity index is 1.37. The Bertz CT molecular complexity index is 1210. The number of imidazole rings is 1. The first kappa shape index (κ1) is 24.6. The number of nitrogens with one attached hydrogen (secondary N) is 1. The molecule has 4 rings (SSSR count). The number of aromatic amines is 1. The SMILES string of the molecule is NOC(COc1ccc(C(N)=NCc2ncc[nH]2)cc1)C(=O)OC(c1ccccc1)c1ccccc1. The van der Waals surface area contributed by atoms with Crippen molar-refractivity contribution in [3.8, 4) is 5.75 Å². The van der Waals surface area contributed by atoms with Gasteiger partial charge in [-0.15, -0.1) is 0 Å².